The van der Waals surface area contributed by atoms with E-state index in [2.05, 4.69) is 15.6 Å². The summed E-state index contributed by atoms with van der Waals surface area (Å²) in [6.07, 6.45) is 1.90. The number of hydrogen-bond acceptors (Lipinski definition) is 3. The first-order chi connectivity index (χ1) is 10.5. The third-order valence-corrected chi connectivity index (χ3v) is 4.13. The smallest absolute Gasteiger partial charge is 0.252 e. The highest BCUT2D eigenvalue weighted by Gasteiger charge is 2.23. The summed E-state index contributed by atoms with van der Waals surface area (Å²) in [7, 11) is 0. The van der Waals surface area contributed by atoms with E-state index in [4.69, 9.17) is 0 Å². The molecular weight excluding hydrogens is 285 g/mol. The quantitative estimate of drug-likeness (QED) is 0.788. The Bertz CT molecular complexity index is 772. The van der Waals surface area contributed by atoms with Crippen LogP contribution in [-0.4, -0.2) is 29.5 Å². The molecule has 0 aliphatic carbocycles. The molecule has 1 aliphatic heterocycles. The first-order valence-electron chi connectivity index (χ1n) is 7.41. The van der Waals surface area contributed by atoms with Gasteiger partial charge in [-0.05, 0) is 44.5 Å². The van der Waals surface area contributed by atoms with Crippen molar-refractivity contribution >= 4 is 16.8 Å². The van der Waals surface area contributed by atoms with E-state index in [1.165, 1.54) is 24.3 Å². The highest BCUT2D eigenvalue weighted by Crippen LogP contribution is 2.17. The molecule has 3 N–H and O–H groups in total. The fourth-order valence-corrected chi connectivity index (χ4v) is 2.91. The molecule has 2 unspecified atom stereocenters. The van der Waals surface area contributed by atoms with Crippen LogP contribution in [0.5, 0.6) is 0 Å². The predicted molar refractivity (Wildman–Crippen MR) is 82.5 cm³/mol. The van der Waals surface area contributed by atoms with Crippen LogP contribution < -0.4 is 16.2 Å². The van der Waals surface area contributed by atoms with Crippen LogP contribution in [0, 0.1) is 5.82 Å². The largest absolute Gasteiger partial charge is 0.348 e. The first-order valence-corrected chi connectivity index (χ1v) is 7.41. The molecule has 5 nitrogen and oxygen atoms in total. The van der Waals surface area contributed by atoms with Crippen LogP contribution in [-0.2, 0) is 0 Å². The predicted octanol–water partition coefficient (Wildman–Crippen LogP) is 1.54. The number of amides is 1. The summed E-state index contributed by atoms with van der Waals surface area (Å²) in [5.41, 5.74) is 0.182. The SMILES string of the molecule is CC1NCCCC1NC(=O)c1cc(=O)[nH]c2cc(F)ccc12. The van der Waals surface area contributed by atoms with Gasteiger partial charge in [-0.15, -0.1) is 0 Å². The standard InChI is InChI=1S/C16H18FN3O2/c1-9-13(3-2-6-18-9)20-16(22)12-8-15(21)19-14-7-10(17)4-5-11(12)14/h4-5,7-9,13,18H,2-3,6H2,1H3,(H,19,21)(H,20,22). The molecule has 2 aromatic rings. The lowest BCUT2D eigenvalue weighted by atomic mass is 9.99. The molecule has 1 aromatic heterocycles. The number of fused-ring (bicyclic) bond motifs is 1. The molecule has 1 amide bonds. The summed E-state index contributed by atoms with van der Waals surface area (Å²) in [6, 6.07) is 5.48. The third-order valence-electron chi connectivity index (χ3n) is 4.13. The van der Waals surface area contributed by atoms with E-state index >= 15 is 0 Å². The number of carbonyl (C=O) groups excluding carboxylic acids is 1. The number of aromatic amines is 1. The number of rotatable bonds is 2. The molecule has 0 spiro atoms. The van der Waals surface area contributed by atoms with Crippen molar-refractivity contribution in [2.75, 3.05) is 6.54 Å². The Morgan fingerprint density at radius 2 is 2.18 bits per heavy atom. The van der Waals surface area contributed by atoms with Crippen molar-refractivity contribution in [2.24, 2.45) is 0 Å². The molecule has 6 heteroatoms. The van der Waals surface area contributed by atoms with Gasteiger partial charge in [0.25, 0.3) is 5.91 Å². The van der Waals surface area contributed by atoms with Gasteiger partial charge >= 0.3 is 0 Å². The molecule has 1 aromatic carbocycles. The molecular formula is C16H18FN3O2. The lowest BCUT2D eigenvalue weighted by Crippen LogP contribution is -2.52. The normalized spacial score (nSPS) is 21.7. The van der Waals surface area contributed by atoms with Crippen molar-refractivity contribution in [3.63, 3.8) is 0 Å². The van der Waals surface area contributed by atoms with E-state index in [-0.39, 0.29) is 23.6 Å². The average molecular weight is 303 g/mol. The summed E-state index contributed by atoms with van der Waals surface area (Å²) in [5, 5.41) is 6.82. The number of H-pyrrole nitrogens is 1. The first kappa shape index (κ1) is 14.7. The van der Waals surface area contributed by atoms with Crippen LogP contribution in [0.15, 0.2) is 29.1 Å². The van der Waals surface area contributed by atoms with Gasteiger partial charge < -0.3 is 15.6 Å². The minimum absolute atomic E-state index is 0.0241. The zero-order chi connectivity index (χ0) is 15.7. The molecule has 2 heterocycles. The zero-order valence-corrected chi connectivity index (χ0v) is 12.3. The summed E-state index contributed by atoms with van der Waals surface area (Å²) >= 11 is 0. The highest BCUT2D eigenvalue weighted by molar-refractivity contribution is 6.06. The van der Waals surface area contributed by atoms with Gasteiger partial charge in [0.15, 0.2) is 0 Å². The molecule has 1 saturated heterocycles. The van der Waals surface area contributed by atoms with Gasteiger partial charge in [0.1, 0.15) is 5.82 Å². The van der Waals surface area contributed by atoms with Gasteiger partial charge in [0, 0.05) is 23.5 Å². The number of benzene rings is 1. The molecule has 3 rings (SSSR count). The second kappa shape index (κ2) is 5.88. The number of piperidine rings is 1. The number of nitrogens with one attached hydrogen (secondary N) is 3. The van der Waals surface area contributed by atoms with Crippen molar-refractivity contribution in [1.29, 1.82) is 0 Å². The van der Waals surface area contributed by atoms with E-state index in [9.17, 15) is 14.0 Å². The van der Waals surface area contributed by atoms with Crippen molar-refractivity contribution in [3.8, 4) is 0 Å². The maximum absolute atomic E-state index is 13.3. The van der Waals surface area contributed by atoms with Crippen LogP contribution in [0.1, 0.15) is 30.1 Å². The van der Waals surface area contributed by atoms with Crippen LogP contribution in [0.25, 0.3) is 10.9 Å². The third kappa shape index (κ3) is 2.87. The van der Waals surface area contributed by atoms with Crippen LogP contribution >= 0.6 is 0 Å². The Hall–Kier alpha value is -2.21. The van der Waals surface area contributed by atoms with Crippen molar-refractivity contribution in [2.45, 2.75) is 31.8 Å². The van der Waals surface area contributed by atoms with Gasteiger partial charge in [-0.2, -0.15) is 0 Å². The van der Waals surface area contributed by atoms with E-state index in [1.807, 2.05) is 6.92 Å². The van der Waals surface area contributed by atoms with E-state index in [0.717, 1.165) is 19.4 Å². The summed E-state index contributed by atoms with van der Waals surface area (Å²) in [4.78, 5) is 26.8. The van der Waals surface area contributed by atoms with Crippen molar-refractivity contribution < 1.29 is 9.18 Å². The topological polar surface area (TPSA) is 74.0 Å². The molecule has 1 fully saturated rings. The van der Waals surface area contributed by atoms with E-state index in [0.29, 0.717) is 10.9 Å². The fourth-order valence-electron chi connectivity index (χ4n) is 2.91. The second-order valence-corrected chi connectivity index (χ2v) is 5.70. The van der Waals surface area contributed by atoms with Gasteiger partial charge in [0.2, 0.25) is 5.56 Å². The minimum atomic E-state index is -0.453. The Kier molecular flexibility index (Phi) is 3.94. The Balaban J connectivity index is 1.95. The van der Waals surface area contributed by atoms with Crippen molar-refractivity contribution in [1.82, 2.24) is 15.6 Å². The van der Waals surface area contributed by atoms with E-state index in [1.54, 1.807) is 0 Å². The summed E-state index contributed by atoms with van der Waals surface area (Å²) in [6.45, 7) is 2.97. The Labute approximate surface area is 126 Å². The van der Waals surface area contributed by atoms with Gasteiger partial charge in [-0.3, -0.25) is 9.59 Å². The maximum atomic E-state index is 13.3. The molecule has 22 heavy (non-hydrogen) atoms. The molecule has 0 saturated carbocycles. The molecule has 1 aliphatic rings. The molecule has 2 atom stereocenters. The van der Waals surface area contributed by atoms with Crippen LogP contribution in [0.3, 0.4) is 0 Å². The van der Waals surface area contributed by atoms with Gasteiger partial charge in [-0.1, -0.05) is 0 Å². The Morgan fingerprint density at radius 3 is 2.95 bits per heavy atom. The fraction of sp³-hybridized carbons (Fsp3) is 0.375. The van der Waals surface area contributed by atoms with Crippen LogP contribution in [0.2, 0.25) is 0 Å². The maximum Gasteiger partial charge on any atom is 0.252 e. The van der Waals surface area contributed by atoms with Crippen molar-refractivity contribution in [3.05, 3.63) is 46.0 Å². The van der Waals surface area contributed by atoms with Crippen LogP contribution in [0.4, 0.5) is 4.39 Å². The Morgan fingerprint density at radius 1 is 1.36 bits per heavy atom. The lowest BCUT2D eigenvalue weighted by molar-refractivity contribution is 0.0921. The van der Waals surface area contributed by atoms with Gasteiger partial charge in [-0.25, -0.2) is 4.39 Å². The number of halogens is 1. The highest BCUT2D eigenvalue weighted by atomic mass is 19.1. The van der Waals surface area contributed by atoms with Gasteiger partial charge in [0.05, 0.1) is 11.1 Å². The monoisotopic (exact) mass is 303 g/mol. The molecule has 0 radical (unpaired) electrons. The molecule has 0 bridgehead atoms. The summed E-state index contributed by atoms with van der Waals surface area (Å²) < 4.78 is 13.3. The average Bonchev–Trinajstić information content (AvgIpc) is 2.48. The van der Waals surface area contributed by atoms with E-state index < -0.39 is 11.4 Å². The number of aromatic nitrogens is 1. The second-order valence-electron chi connectivity index (χ2n) is 5.70. The zero-order valence-electron chi connectivity index (χ0n) is 12.3. The minimum Gasteiger partial charge on any atom is -0.348 e. The summed E-state index contributed by atoms with van der Waals surface area (Å²) in [5.74, 6) is -0.755. The number of carbonyl (C=O) groups is 1. The molecule has 116 valence electrons. The number of hydrogen-bond donors (Lipinski definition) is 3. The number of pyridine rings is 1. The lowest BCUT2D eigenvalue weighted by Gasteiger charge is -2.30.